The minimum Gasteiger partial charge on any atom is -0.393 e. The summed E-state index contributed by atoms with van der Waals surface area (Å²) in [6.45, 7) is 2.66. The Balaban J connectivity index is 2.34. The quantitative estimate of drug-likeness (QED) is 0.746. The Morgan fingerprint density at radius 2 is 2.41 bits per heavy atom. The van der Waals surface area contributed by atoms with Crippen molar-refractivity contribution in [1.82, 2.24) is 5.32 Å². The van der Waals surface area contributed by atoms with Crippen molar-refractivity contribution < 1.29 is 4.79 Å². The standard InChI is InChI=1S/C12H18N2OS2/c1-2-3-10(11(13)16)12(15)14-6-4-9-5-7-17-8-9/h5,7-8,10H,2-4,6H2,1H3,(H2,13,16)(H,14,15). The fourth-order valence-electron chi connectivity index (χ4n) is 1.58. The predicted molar refractivity (Wildman–Crippen MR) is 76.2 cm³/mol. The van der Waals surface area contributed by atoms with Gasteiger partial charge in [0.25, 0.3) is 0 Å². The summed E-state index contributed by atoms with van der Waals surface area (Å²) in [5.41, 5.74) is 6.81. The summed E-state index contributed by atoms with van der Waals surface area (Å²) in [5.74, 6) is -0.368. The molecule has 3 N–H and O–H groups in total. The van der Waals surface area contributed by atoms with Gasteiger partial charge in [0.15, 0.2) is 0 Å². The maximum Gasteiger partial charge on any atom is 0.229 e. The van der Waals surface area contributed by atoms with Gasteiger partial charge in [-0.1, -0.05) is 25.6 Å². The van der Waals surface area contributed by atoms with Crippen LogP contribution in [0.5, 0.6) is 0 Å². The van der Waals surface area contributed by atoms with E-state index in [9.17, 15) is 4.79 Å². The zero-order valence-corrected chi connectivity index (χ0v) is 11.6. The molecule has 0 fully saturated rings. The van der Waals surface area contributed by atoms with Crippen molar-refractivity contribution in [3.63, 3.8) is 0 Å². The third kappa shape index (κ3) is 4.83. The maximum absolute atomic E-state index is 11.8. The minimum absolute atomic E-state index is 0.0467. The normalized spacial score (nSPS) is 12.1. The zero-order valence-electron chi connectivity index (χ0n) is 9.94. The highest BCUT2D eigenvalue weighted by Gasteiger charge is 2.19. The molecule has 0 aliphatic rings. The average Bonchev–Trinajstić information content (AvgIpc) is 2.78. The summed E-state index contributed by atoms with van der Waals surface area (Å²) in [6, 6.07) is 2.06. The molecule has 0 aliphatic heterocycles. The largest absolute Gasteiger partial charge is 0.393 e. The van der Waals surface area contributed by atoms with Gasteiger partial charge in [0.2, 0.25) is 5.91 Å². The molecule has 0 saturated heterocycles. The van der Waals surface area contributed by atoms with E-state index in [1.54, 1.807) is 11.3 Å². The molecule has 0 radical (unpaired) electrons. The maximum atomic E-state index is 11.8. The number of hydrogen-bond acceptors (Lipinski definition) is 3. The first-order chi connectivity index (χ1) is 8.15. The van der Waals surface area contributed by atoms with Gasteiger partial charge in [-0.3, -0.25) is 4.79 Å². The van der Waals surface area contributed by atoms with E-state index in [4.69, 9.17) is 18.0 Å². The number of nitrogens with two attached hydrogens (primary N) is 1. The highest BCUT2D eigenvalue weighted by Crippen LogP contribution is 2.08. The first-order valence-electron chi connectivity index (χ1n) is 5.73. The molecule has 1 atom stereocenters. The first-order valence-corrected chi connectivity index (χ1v) is 7.08. The Labute approximate surface area is 111 Å². The molecule has 1 rings (SSSR count). The van der Waals surface area contributed by atoms with E-state index in [1.807, 2.05) is 12.3 Å². The van der Waals surface area contributed by atoms with E-state index in [1.165, 1.54) is 5.56 Å². The van der Waals surface area contributed by atoms with Crippen LogP contribution >= 0.6 is 23.6 Å². The van der Waals surface area contributed by atoms with Crippen LogP contribution in [-0.2, 0) is 11.2 Å². The van der Waals surface area contributed by atoms with Crippen LogP contribution in [0.25, 0.3) is 0 Å². The van der Waals surface area contributed by atoms with Crippen LogP contribution in [0, 0.1) is 5.92 Å². The molecule has 1 amide bonds. The molecule has 0 bridgehead atoms. The summed E-state index contributed by atoms with van der Waals surface area (Å²) >= 11 is 6.57. The summed E-state index contributed by atoms with van der Waals surface area (Å²) in [4.78, 5) is 12.1. The number of amides is 1. The lowest BCUT2D eigenvalue weighted by molar-refractivity contribution is -0.123. The molecular formula is C12H18N2OS2. The lowest BCUT2D eigenvalue weighted by Crippen LogP contribution is -2.38. The van der Waals surface area contributed by atoms with E-state index in [-0.39, 0.29) is 11.8 Å². The minimum atomic E-state index is -0.322. The van der Waals surface area contributed by atoms with Crippen LogP contribution in [0.1, 0.15) is 25.3 Å². The third-order valence-corrected chi connectivity index (χ3v) is 3.55. The van der Waals surface area contributed by atoms with E-state index >= 15 is 0 Å². The lowest BCUT2D eigenvalue weighted by atomic mass is 10.0. The van der Waals surface area contributed by atoms with Crippen molar-refractivity contribution in [3.8, 4) is 0 Å². The average molecular weight is 270 g/mol. The highest BCUT2D eigenvalue weighted by atomic mass is 32.1. The molecule has 0 saturated carbocycles. The second kappa shape index (κ2) is 7.40. The molecular weight excluding hydrogens is 252 g/mol. The first kappa shape index (κ1) is 14.1. The monoisotopic (exact) mass is 270 g/mol. The fraction of sp³-hybridized carbons (Fsp3) is 0.500. The van der Waals surface area contributed by atoms with Crippen molar-refractivity contribution in [2.75, 3.05) is 6.54 Å². The highest BCUT2D eigenvalue weighted by molar-refractivity contribution is 7.80. The van der Waals surface area contributed by atoms with Gasteiger partial charge in [-0.2, -0.15) is 11.3 Å². The Hall–Kier alpha value is -0.940. The number of carbonyl (C=O) groups excluding carboxylic acids is 1. The van der Waals surface area contributed by atoms with Crippen LogP contribution in [0.4, 0.5) is 0 Å². The molecule has 17 heavy (non-hydrogen) atoms. The van der Waals surface area contributed by atoms with Gasteiger partial charge < -0.3 is 11.1 Å². The number of rotatable bonds is 7. The van der Waals surface area contributed by atoms with Crippen LogP contribution in [0.3, 0.4) is 0 Å². The molecule has 1 aromatic rings. The van der Waals surface area contributed by atoms with Crippen LogP contribution in [-0.4, -0.2) is 17.4 Å². The molecule has 1 heterocycles. The Morgan fingerprint density at radius 1 is 1.65 bits per heavy atom. The smallest absolute Gasteiger partial charge is 0.229 e. The number of thiophene rings is 1. The predicted octanol–water partition coefficient (Wildman–Crippen LogP) is 2.11. The van der Waals surface area contributed by atoms with E-state index in [2.05, 4.69) is 16.8 Å². The molecule has 5 heteroatoms. The number of thiocarbonyl (C=S) groups is 1. The molecule has 94 valence electrons. The summed E-state index contributed by atoms with van der Waals surface area (Å²) < 4.78 is 0. The fourth-order valence-corrected chi connectivity index (χ4v) is 2.51. The molecule has 0 aromatic carbocycles. The zero-order chi connectivity index (χ0) is 12.7. The summed E-state index contributed by atoms with van der Waals surface area (Å²) in [7, 11) is 0. The SMILES string of the molecule is CCCC(C(=O)NCCc1ccsc1)C(N)=S. The number of hydrogen-bond donors (Lipinski definition) is 2. The van der Waals surface area contributed by atoms with E-state index in [0.29, 0.717) is 11.5 Å². The van der Waals surface area contributed by atoms with Gasteiger partial charge in [0.1, 0.15) is 0 Å². The molecule has 1 aromatic heterocycles. The Morgan fingerprint density at radius 3 is 2.94 bits per heavy atom. The van der Waals surface area contributed by atoms with Crippen molar-refractivity contribution >= 4 is 34.5 Å². The third-order valence-electron chi connectivity index (χ3n) is 2.53. The molecule has 0 spiro atoms. The van der Waals surface area contributed by atoms with Gasteiger partial charge in [-0.05, 0) is 35.2 Å². The second-order valence-electron chi connectivity index (χ2n) is 3.92. The number of nitrogens with one attached hydrogen (secondary N) is 1. The summed E-state index contributed by atoms with van der Waals surface area (Å²) in [6.07, 6.45) is 2.48. The summed E-state index contributed by atoms with van der Waals surface area (Å²) in [5, 5.41) is 7.01. The topological polar surface area (TPSA) is 55.1 Å². The van der Waals surface area contributed by atoms with Gasteiger partial charge in [-0.25, -0.2) is 0 Å². The van der Waals surface area contributed by atoms with E-state index < -0.39 is 0 Å². The lowest BCUT2D eigenvalue weighted by Gasteiger charge is -2.14. The van der Waals surface area contributed by atoms with Gasteiger partial charge in [0.05, 0.1) is 10.9 Å². The van der Waals surface area contributed by atoms with Gasteiger partial charge in [0, 0.05) is 6.54 Å². The number of carbonyl (C=O) groups is 1. The van der Waals surface area contributed by atoms with Gasteiger partial charge >= 0.3 is 0 Å². The Kier molecular flexibility index (Phi) is 6.15. The van der Waals surface area contributed by atoms with Crippen LogP contribution < -0.4 is 11.1 Å². The molecule has 1 unspecified atom stereocenters. The van der Waals surface area contributed by atoms with Crippen molar-refractivity contribution in [1.29, 1.82) is 0 Å². The Bertz CT molecular complexity index is 363. The van der Waals surface area contributed by atoms with E-state index in [0.717, 1.165) is 19.3 Å². The van der Waals surface area contributed by atoms with Crippen LogP contribution in [0.2, 0.25) is 0 Å². The van der Waals surface area contributed by atoms with Crippen LogP contribution in [0.15, 0.2) is 16.8 Å². The molecule has 0 aliphatic carbocycles. The second-order valence-corrected chi connectivity index (χ2v) is 5.17. The van der Waals surface area contributed by atoms with Gasteiger partial charge in [-0.15, -0.1) is 0 Å². The van der Waals surface area contributed by atoms with Crippen molar-refractivity contribution in [3.05, 3.63) is 22.4 Å². The molecule has 3 nitrogen and oxygen atoms in total. The van der Waals surface area contributed by atoms with Crippen molar-refractivity contribution in [2.24, 2.45) is 11.7 Å². The van der Waals surface area contributed by atoms with Crippen molar-refractivity contribution in [2.45, 2.75) is 26.2 Å².